The van der Waals surface area contributed by atoms with Crippen molar-refractivity contribution in [2.45, 2.75) is 32.5 Å². The van der Waals surface area contributed by atoms with Crippen molar-refractivity contribution in [1.29, 1.82) is 0 Å². The third-order valence-corrected chi connectivity index (χ3v) is 5.53. The normalized spacial score (nSPS) is 16.6. The Bertz CT molecular complexity index is 921. The molecule has 1 unspecified atom stereocenters. The molecule has 0 radical (unpaired) electrons. The van der Waals surface area contributed by atoms with Crippen LogP contribution in [0.25, 0.3) is 0 Å². The molecule has 1 fully saturated rings. The zero-order valence-electron chi connectivity index (χ0n) is 19.8. The number of rotatable bonds is 8. The molecule has 0 aromatic heterocycles. The van der Waals surface area contributed by atoms with Crippen molar-refractivity contribution in [2.24, 2.45) is 4.99 Å². The van der Waals surface area contributed by atoms with Crippen molar-refractivity contribution in [1.82, 2.24) is 20.9 Å². The van der Waals surface area contributed by atoms with Crippen LogP contribution in [-0.4, -0.2) is 63.2 Å². The first kappa shape index (κ1) is 27.1. The summed E-state index contributed by atoms with van der Waals surface area (Å²) in [7, 11) is 3.42. The van der Waals surface area contributed by atoms with Gasteiger partial charge >= 0.3 is 0 Å². The zero-order valence-corrected chi connectivity index (χ0v) is 22.1. The van der Waals surface area contributed by atoms with Crippen LogP contribution in [0, 0.1) is 0 Å². The van der Waals surface area contributed by atoms with Crippen molar-refractivity contribution in [3.8, 4) is 0 Å². The van der Waals surface area contributed by atoms with Crippen molar-refractivity contribution in [3.63, 3.8) is 0 Å². The summed E-state index contributed by atoms with van der Waals surface area (Å²) in [6, 6.07) is 16.4. The molecule has 33 heavy (non-hydrogen) atoms. The SMILES string of the molecule is CN=C(NCCc1cccc(C(=O)NC)c1)NCc1cccc(CN2CCOC(C)C2)c1.I. The highest BCUT2D eigenvalue weighted by atomic mass is 127. The maximum absolute atomic E-state index is 11.8. The second-order valence-corrected chi connectivity index (χ2v) is 8.12. The molecule has 1 aliphatic heterocycles. The summed E-state index contributed by atoms with van der Waals surface area (Å²) in [5, 5.41) is 9.40. The van der Waals surface area contributed by atoms with E-state index in [2.05, 4.69) is 57.0 Å². The predicted molar refractivity (Wildman–Crippen MR) is 144 cm³/mol. The second kappa shape index (κ2) is 14.2. The van der Waals surface area contributed by atoms with Crippen LogP contribution < -0.4 is 16.0 Å². The number of carbonyl (C=O) groups excluding carboxylic acids is 1. The van der Waals surface area contributed by atoms with E-state index in [0.29, 0.717) is 18.2 Å². The first-order valence-electron chi connectivity index (χ1n) is 11.2. The third-order valence-electron chi connectivity index (χ3n) is 5.53. The van der Waals surface area contributed by atoms with E-state index >= 15 is 0 Å². The molecule has 3 rings (SSSR count). The van der Waals surface area contributed by atoms with E-state index < -0.39 is 0 Å². The van der Waals surface area contributed by atoms with Gasteiger partial charge in [-0.2, -0.15) is 0 Å². The maximum Gasteiger partial charge on any atom is 0.251 e. The summed E-state index contributed by atoms with van der Waals surface area (Å²) >= 11 is 0. The Labute approximate surface area is 214 Å². The first-order valence-corrected chi connectivity index (χ1v) is 11.2. The van der Waals surface area contributed by atoms with Crippen LogP contribution in [0.3, 0.4) is 0 Å². The topological polar surface area (TPSA) is 78.0 Å². The molecule has 0 aliphatic carbocycles. The Hall–Kier alpha value is -2.17. The molecule has 8 heteroatoms. The number of nitrogens with zero attached hydrogens (tertiary/aromatic N) is 2. The van der Waals surface area contributed by atoms with Gasteiger partial charge in [-0.15, -0.1) is 24.0 Å². The van der Waals surface area contributed by atoms with Gasteiger partial charge in [-0.25, -0.2) is 0 Å². The molecule has 1 heterocycles. The van der Waals surface area contributed by atoms with Gasteiger partial charge in [0.15, 0.2) is 5.96 Å². The molecule has 1 aliphatic rings. The van der Waals surface area contributed by atoms with E-state index in [1.807, 2.05) is 24.3 Å². The van der Waals surface area contributed by atoms with Crippen LogP contribution in [0.15, 0.2) is 53.5 Å². The highest BCUT2D eigenvalue weighted by Gasteiger charge is 2.16. The summed E-state index contributed by atoms with van der Waals surface area (Å²) in [5.74, 6) is 0.697. The molecule has 2 aromatic rings. The Balaban J connectivity index is 0.00000385. The van der Waals surface area contributed by atoms with Crippen molar-refractivity contribution in [3.05, 3.63) is 70.8 Å². The Kier molecular flexibility index (Phi) is 11.6. The van der Waals surface area contributed by atoms with Crippen molar-refractivity contribution >= 4 is 35.8 Å². The minimum absolute atomic E-state index is 0. The Morgan fingerprint density at radius 1 is 1.12 bits per heavy atom. The monoisotopic (exact) mass is 565 g/mol. The lowest BCUT2D eigenvalue weighted by atomic mass is 10.1. The molecule has 180 valence electrons. The predicted octanol–water partition coefficient (Wildman–Crippen LogP) is 2.79. The van der Waals surface area contributed by atoms with Crippen molar-refractivity contribution in [2.75, 3.05) is 40.3 Å². The van der Waals surface area contributed by atoms with Crippen LogP contribution >= 0.6 is 24.0 Å². The van der Waals surface area contributed by atoms with Crippen LogP contribution in [0.4, 0.5) is 0 Å². The van der Waals surface area contributed by atoms with Gasteiger partial charge in [-0.1, -0.05) is 36.4 Å². The van der Waals surface area contributed by atoms with Crippen molar-refractivity contribution < 1.29 is 9.53 Å². The molecule has 1 amide bonds. The van der Waals surface area contributed by atoms with E-state index in [1.54, 1.807) is 14.1 Å². The number of guanidine groups is 1. The van der Waals surface area contributed by atoms with Crippen LogP contribution in [-0.2, 0) is 24.2 Å². The van der Waals surface area contributed by atoms with Crippen LogP contribution in [0.1, 0.15) is 34.0 Å². The average Bonchev–Trinajstić information content (AvgIpc) is 2.81. The van der Waals surface area contributed by atoms with E-state index in [4.69, 9.17) is 4.74 Å². The lowest BCUT2D eigenvalue weighted by molar-refractivity contribution is -0.0212. The summed E-state index contributed by atoms with van der Waals surface area (Å²) in [6.07, 6.45) is 1.10. The summed E-state index contributed by atoms with van der Waals surface area (Å²) in [5.41, 5.74) is 4.33. The number of aliphatic imine (C=N–C) groups is 1. The summed E-state index contributed by atoms with van der Waals surface area (Å²) < 4.78 is 5.64. The molecule has 1 saturated heterocycles. The minimum atomic E-state index is -0.0670. The fourth-order valence-electron chi connectivity index (χ4n) is 3.87. The van der Waals surface area contributed by atoms with Gasteiger partial charge < -0.3 is 20.7 Å². The molecule has 0 spiro atoms. The Morgan fingerprint density at radius 2 is 1.88 bits per heavy atom. The number of hydrogen-bond acceptors (Lipinski definition) is 4. The molecule has 0 saturated carbocycles. The fourth-order valence-corrected chi connectivity index (χ4v) is 3.87. The van der Waals surface area contributed by atoms with Crippen LogP contribution in [0.2, 0.25) is 0 Å². The minimum Gasteiger partial charge on any atom is -0.376 e. The quantitative estimate of drug-likeness (QED) is 0.261. The van der Waals surface area contributed by atoms with E-state index in [9.17, 15) is 4.79 Å². The van der Waals surface area contributed by atoms with Gasteiger partial charge in [0.25, 0.3) is 5.91 Å². The molecular weight excluding hydrogens is 529 g/mol. The lowest BCUT2D eigenvalue weighted by Gasteiger charge is -2.31. The second-order valence-electron chi connectivity index (χ2n) is 8.12. The average molecular weight is 566 g/mol. The maximum atomic E-state index is 11.8. The molecule has 1 atom stereocenters. The van der Waals surface area contributed by atoms with Gasteiger partial charge in [-0.3, -0.25) is 14.7 Å². The highest BCUT2D eigenvalue weighted by Crippen LogP contribution is 2.12. The number of ether oxygens (including phenoxy) is 1. The largest absolute Gasteiger partial charge is 0.376 e. The van der Waals surface area contributed by atoms with Gasteiger partial charge in [0.2, 0.25) is 0 Å². The molecule has 0 bridgehead atoms. The number of halogens is 1. The zero-order chi connectivity index (χ0) is 22.8. The fraction of sp³-hybridized carbons (Fsp3) is 0.440. The number of amides is 1. The number of nitrogens with one attached hydrogen (secondary N) is 3. The number of hydrogen-bond donors (Lipinski definition) is 3. The smallest absolute Gasteiger partial charge is 0.251 e. The van der Waals surface area contributed by atoms with E-state index in [-0.39, 0.29) is 29.9 Å². The summed E-state index contributed by atoms with van der Waals surface area (Å²) in [4.78, 5) is 18.6. The van der Waals surface area contributed by atoms with Gasteiger partial charge in [0, 0.05) is 52.4 Å². The number of morpholine rings is 1. The number of carbonyl (C=O) groups is 1. The highest BCUT2D eigenvalue weighted by molar-refractivity contribution is 14.0. The molecule has 3 N–H and O–H groups in total. The molecular formula is C25H36IN5O2. The van der Waals surface area contributed by atoms with Crippen LogP contribution in [0.5, 0.6) is 0 Å². The molecule has 2 aromatic carbocycles. The first-order chi connectivity index (χ1) is 15.6. The van der Waals surface area contributed by atoms with E-state index in [1.165, 1.54) is 11.1 Å². The van der Waals surface area contributed by atoms with Gasteiger partial charge in [0.05, 0.1) is 12.7 Å². The van der Waals surface area contributed by atoms with Gasteiger partial charge in [0.1, 0.15) is 0 Å². The Morgan fingerprint density at radius 3 is 2.64 bits per heavy atom. The number of benzene rings is 2. The van der Waals surface area contributed by atoms with E-state index in [0.717, 1.165) is 50.7 Å². The third kappa shape index (κ3) is 8.94. The molecule has 7 nitrogen and oxygen atoms in total. The standard InChI is InChI=1S/C25H35N5O2.HI/c1-19-17-30(12-13-32-19)18-22-8-4-7-21(14-22)16-29-25(27-3)28-11-10-20-6-5-9-23(15-20)24(31)26-2;/h4-9,14-15,19H,10-13,16-18H2,1-3H3,(H,26,31)(H2,27,28,29);1H. The lowest BCUT2D eigenvalue weighted by Crippen LogP contribution is -2.40. The summed E-state index contributed by atoms with van der Waals surface area (Å²) in [6.45, 7) is 7.28. The van der Waals surface area contributed by atoms with Gasteiger partial charge in [-0.05, 0) is 42.2 Å².